The fourth-order valence-electron chi connectivity index (χ4n) is 3.04. The molecule has 3 N–H and O–H groups in total. The van der Waals surface area contributed by atoms with Gasteiger partial charge in [0.15, 0.2) is 0 Å². The van der Waals surface area contributed by atoms with Crippen molar-refractivity contribution < 1.29 is 19.4 Å². The highest BCUT2D eigenvalue weighted by Crippen LogP contribution is 2.24. The number of aryl methyl sites for hydroxylation is 1. The van der Waals surface area contributed by atoms with Crippen LogP contribution >= 0.6 is 11.3 Å². The zero-order valence-corrected chi connectivity index (χ0v) is 14.8. The number of aromatic nitrogens is 2. The third-order valence-electron chi connectivity index (χ3n) is 4.48. The minimum Gasteiger partial charge on any atom is -0.481 e. The Kier molecular flexibility index (Phi) is 5.50. The van der Waals surface area contributed by atoms with Crippen LogP contribution in [-0.4, -0.2) is 46.7 Å². The number of carbonyl (C=O) groups excluding carboxylic acids is 1. The maximum absolute atomic E-state index is 12.3. The Balaban J connectivity index is 1.61. The second kappa shape index (κ2) is 7.79. The Morgan fingerprint density at radius 3 is 2.88 bits per heavy atom. The van der Waals surface area contributed by atoms with E-state index in [2.05, 4.69) is 15.3 Å². The second-order valence-corrected chi connectivity index (χ2v) is 7.22. The molecule has 134 valence electrons. The summed E-state index contributed by atoms with van der Waals surface area (Å²) in [6, 6.07) is 1.73. The number of amides is 1. The molecule has 8 heteroatoms. The van der Waals surface area contributed by atoms with Crippen molar-refractivity contribution in [1.82, 2.24) is 15.3 Å². The zero-order valence-electron chi connectivity index (χ0n) is 13.9. The van der Waals surface area contributed by atoms with Crippen molar-refractivity contribution in [1.29, 1.82) is 0 Å². The SMILES string of the molecule is Cc1nc(-c2c[nH]c(C(=O)NCC(C(=O)O)C3CCOCC3)c2)cs1. The van der Waals surface area contributed by atoms with Gasteiger partial charge in [-0.05, 0) is 31.7 Å². The van der Waals surface area contributed by atoms with Gasteiger partial charge in [-0.1, -0.05) is 0 Å². The number of carboxylic acids is 1. The van der Waals surface area contributed by atoms with Crippen LogP contribution in [0.4, 0.5) is 0 Å². The molecule has 0 bridgehead atoms. The normalized spacial score (nSPS) is 16.5. The van der Waals surface area contributed by atoms with E-state index in [1.807, 2.05) is 12.3 Å². The largest absolute Gasteiger partial charge is 0.481 e. The van der Waals surface area contributed by atoms with E-state index < -0.39 is 11.9 Å². The minimum absolute atomic E-state index is 0.0312. The maximum atomic E-state index is 12.3. The van der Waals surface area contributed by atoms with E-state index >= 15 is 0 Å². The number of hydrogen-bond donors (Lipinski definition) is 3. The number of aromatic amines is 1. The summed E-state index contributed by atoms with van der Waals surface area (Å²) in [6.07, 6.45) is 3.15. The molecule has 1 amide bonds. The lowest BCUT2D eigenvalue weighted by atomic mass is 9.86. The van der Waals surface area contributed by atoms with Crippen LogP contribution in [0, 0.1) is 18.8 Å². The number of ether oxygens (including phenoxy) is 1. The van der Waals surface area contributed by atoms with Gasteiger partial charge < -0.3 is 20.1 Å². The number of thiazole rings is 1. The monoisotopic (exact) mass is 363 g/mol. The molecule has 3 heterocycles. The predicted octanol–water partition coefficient (Wildman–Crippen LogP) is 2.30. The molecule has 0 aromatic carbocycles. The number of aliphatic carboxylic acids is 1. The summed E-state index contributed by atoms with van der Waals surface area (Å²) in [7, 11) is 0. The Hall–Kier alpha value is -2.19. The van der Waals surface area contributed by atoms with Crippen molar-refractivity contribution in [2.45, 2.75) is 19.8 Å². The molecule has 0 aliphatic carbocycles. The standard InChI is InChI=1S/C17H21N3O4S/c1-10-20-15(9-25-10)12-6-14(18-7-12)16(21)19-8-13(17(22)23)11-2-4-24-5-3-11/h6-7,9,11,13,18H,2-5,8H2,1H3,(H,19,21)(H,22,23). The van der Waals surface area contributed by atoms with E-state index in [0.29, 0.717) is 31.7 Å². The lowest BCUT2D eigenvalue weighted by Crippen LogP contribution is -2.39. The molecule has 1 aliphatic heterocycles. The second-order valence-electron chi connectivity index (χ2n) is 6.16. The van der Waals surface area contributed by atoms with Crippen molar-refractivity contribution >= 4 is 23.2 Å². The number of carboxylic acid groups (broad SMARTS) is 1. The summed E-state index contributed by atoms with van der Waals surface area (Å²) in [4.78, 5) is 31.2. The van der Waals surface area contributed by atoms with Crippen LogP contribution in [0.15, 0.2) is 17.6 Å². The van der Waals surface area contributed by atoms with Crippen LogP contribution in [-0.2, 0) is 9.53 Å². The van der Waals surface area contributed by atoms with Crippen molar-refractivity contribution in [3.05, 3.63) is 28.3 Å². The van der Waals surface area contributed by atoms with Gasteiger partial charge >= 0.3 is 5.97 Å². The molecular weight excluding hydrogens is 342 g/mol. The first kappa shape index (κ1) is 17.6. The van der Waals surface area contributed by atoms with Crippen molar-refractivity contribution in [2.75, 3.05) is 19.8 Å². The van der Waals surface area contributed by atoms with Gasteiger partial charge in [0, 0.05) is 36.9 Å². The summed E-state index contributed by atoms with van der Waals surface area (Å²) in [5, 5.41) is 15.1. The molecule has 0 saturated carbocycles. The summed E-state index contributed by atoms with van der Waals surface area (Å²) in [6.45, 7) is 3.20. The van der Waals surface area contributed by atoms with Gasteiger partial charge in [-0.2, -0.15) is 0 Å². The number of carbonyl (C=O) groups is 2. The van der Waals surface area contributed by atoms with Crippen LogP contribution in [0.25, 0.3) is 11.3 Å². The molecule has 2 aromatic heterocycles. The van der Waals surface area contributed by atoms with Crippen molar-refractivity contribution in [2.24, 2.45) is 11.8 Å². The number of nitrogens with one attached hydrogen (secondary N) is 2. The molecule has 0 spiro atoms. The van der Waals surface area contributed by atoms with Gasteiger partial charge in [0.05, 0.1) is 16.6 Å². The smallest absolute Gasteiger partial charge is 0.308 e. The molecule has 1 fully saturated rings. The van der Waals surface area contributed by atoms with Crippen LogP contribution < -0.4 is 5.32 Å². The van der Waals surface area contributed by atoms with E-state index in [-0.39, 0.29) is 18.4 Å². The average molecular weight is 363 g/mol. The molecule has 1 unspecified atom stereocenters. The molecule has 1 aliphatic rings. The Morgan fingerprint density at radius 2 is 2.24 bits per heavy atom. The molecule has 7 nitrogen and oxygen atoms in total. The van der Waals surface area contributed by atoms with Gasteiger partial charge in [-0.15, -0.1) is 11.3 Å². The van der Waals surface area contributed by atoms with Crippen LogP contribution in [0.1, 0.15) is 28.3 Å². The fourth-order valence-corrected chi connectivity index (χ4v) is 3.66. The summed E-state index contributed by atoms with van der Waals surface area (Å²) < 4.78 is 5.28. The number of nitrogens with zero attached hydrogens (tertiary/aromatic N) is 1. The van der Waals surface area contributed by atoms with Gasteiger partial charge in [-0.3, -0.25) is 9.59 Å². The van der Waals surface area contributed by atoms with Crippen LogP contribution in [0.3, 0.4) is 0 Å². The van der Waals surface area contributed by atoms with E-state index in [0.717, 1.165) is 16.3 Å². The Morgan fingerprint density at radius 1 is 1.48 bits per heavy atom. The highest BCUT2D eigenvalue weighted by atomic mass is 32.1. The Bertz CT molecular complexity index is 749. The Labute approximate surface area is 149 Å². The molecule has 2 aromatic rings. The van der Waals surface area contributed by atoms with E-state index in [9.17, 15) is 14.7 Å². The number of rotatable bonds is 6. The number of H-pyrrole nitrogens is 1. The third kappa shape index (κ3) is 4.26. The molecule has 25 heavy (non-hydrogen) atoms. The predicted molar refractivity (Wildman–Crippen MR) is 93.6 cm³/mol. The fraction of sp³-hybridized carbons (Fsp3) is 0.471. The lowest BCUT2D eigenvalue weighted by Gasteiger charge is -2.27. The van der Waals surface area contributed by atoms with Gasteiger partial charge in [0.2, 0.25) is 0 Å². The minimum atomic E-state index is -0.877. The summed E-state index contributed by atoms with van der Waals surface area (Å²) >= 11 is 1.55. The molecule has 1 saturated heterocycles. The quantitative estimate of drug-likeness (QED) is 0.730. The lowest BCUT2D eigenvalue weighted by molar-refractivity contribution is -0.144. The zero-order chi connectivity index (χ0) is 17.8. The molecule has 0 radical (unpaired) electrons. The van der Waals surface area contributed by atoms with Crippen LogP contribution in [0.2, 0.25) is 0 Å². The van der Waals surface area contributed by atoms with Crippen molar-refractivity contribution in [3.63, 3.8) is 0 Å². The highest BCUT2D eigenvalue weighted by molar-refractivity contribution is 7.09. The first-order valence-electron chi connectivity index (χ1n) is 8.24. The molecule has 3 rings (SSSR count). The topological polar surface area (TPSA) is 104 Å². The van der Waals surface area contributed by atoms with Gasteiger partial charge in [0.25, 0.3) is 5.91 Å². The van der Waals surface area contributed by atoms with E-state index in [4.69, 9.17) is 4.74 Å². The average Bonchev–Trinajstić information content (AvgIpc) is 3.24. The van der Waals surface area contributed by atoms with Gasteiger partial charge in [0.1, 0.15) is 5.69 Å². The first-order valence-corrected chi connectivity index (χ1v) is 9.12. The first-order chi connectivity index (χ1) is 12.0. The molecule has 1 atom stereocenters. The van der Waals surface area contributed by atoms with Gasteiger partial charge in [-0.25, -0.2) is 4.98 Å². The van der Waals surface area contributed by atoms with Crippen molar-refractivity contribution in [3.8, 4) is 11.3 Å². The number of hydrogen-bond acceptors (Lipinski definition) is 5. The summed E-state index contributed by atoms with van der Waals surface area (Å²) in [5.74, 6) is -1.75. The highest BCUT2D eigenvalue weighted by Gasteiger charge is 2.30. The molecular formula is C17H21N3O4S. The van der Waals surface area contributed by atoms with Crippen LogP contribution in [0.5, 0.6) is 0 Å². The third-order valence-corrected chi connectivity index (χ3v) is 5.25. The van der Waals surface area contributed by atoms with E-state index in [1.165, 1.54) is 0 Å². The maximum Gasteiger partial charge on any atom is 0.308 e. The van der Waals surface area contributed by atoms with E-state index in [1.54, 1.807) is 23.6 Å². The summed E-state index contributed by atoms with van der Waals surface area (Å²) in [5.41, 5.74) is 2.06.